The molecule has 0 N–H and O–H groups in total. The highest BCUT2D eigenvalue weighted by atomic mass is 32.1. The van der Waals surface area contributed by atoms with Gasteiger partial charge in [0.05, 0.1) is 22.1 Å². The average Bonchev–Trinajstić information content (AvgIpc) is 3.89. The minimum atomic E-state index is 0.825. The van der Waals surface area contributed by atoms with Gasteiger partial charge in [0.15, 0.2) is 5.82 Å². The minimum absolute atomic E-state index is 0.825. The molecule has 0 unspecified atom stereocenters. The summed E-state index contributed by atoms with van der Waals surface area (Å²) in [4.78, 5) is 12.2. The Morgan fingerprint density at radius 3 is 1.78 bits per heavy atom. The molecule has 12 rings (SSSR count). The van der Waals surface area contributed by atoms with Crippen LogP contribution in [0.5, 0.6) is 0 Å². The Morgan fingerprint density at radius 1 is 0.382 bits per heavy atom. The number of nitrogens with zero attached hydrogens (tertiary/aromatic N) is 4. The molecule has 8 aromatic carbocycles. The molecule has 12 aromatic rings. The summed E-state index contributed by atoms with van der Waals surface area (Å²) in [7, 11) is 0. The van der Waals surface area contributed by atoms with E-state index in [4.69, 9.17) is 9.97 Å². The molecular weight excluding hydrogens is 689 g/mol. The van der Waals surface area contributed by atoms with Crippen molar-refractivity contribution in [1.29, 1.82) is 0 Å². The molecule has 256 valence electrons. The number of benzene rings is 8. The molecule has 0 aliphatic carbocycles. The van der Waals surface area contributed by atoms with Gasteiger partial charge in [-0.15, -0.1) is 11.3 Å². The molecule has 5 heteroatoms. The van der Waals surface area contributed by atoms with Gasteiger partial charge >= 0.3 is 0 Å². The third kappa shape index (κ3) is 4.57. The van der Waals surface area contributed by atoms with Crippen molar-refractivity contribution in [3.8, 4) is 33.9 Å². The first-order valence-electron chi connectivity index (χ1n) is 18.6. The highest BCUT2D eigenvalue weighted by Gasteiger charge is 2.23. The molecular formula is C50H30N4S. The highest BCUT2D eigenvalue weighted by Crippen LogP contribution is 2.42. The van der Waals surface area contributed by atoms with Crippen LogP contribution in [-0.4, -0.2) is 19.1 Å². The van der Waals surface area contributed by atoms with Crippen LogP contribution in [0.3, 0.4) is 0 Å². The number of fused-ring (bicyclic) bond motifs is 10. The molecule has 0 saturated carbocycles. The minimum Gasteiger partial charge on any atom is -0.309 e. The van der Waals surface area contributed by atoms with Gasteiger partial charge in [-0.25, -0.2) is 9.97 Å². The normalized spacial score (nSPS) is 12.0. The van der Waals surface area contributed by atoms with Crippen LogP contribution in [0.4, 0.5) is 0 Å². The smallest absolute Gasteiger partial charge is 0.166 e. The van der Waals surface area contributed by atoms with E-state index in [9.17, 15) is 0 Å². The Hall–Kier alpha value is -7.08. The van der Waals surface area contributed by atoms with Gasteiger partial charge in [-0.2, -0.15) is 0 Å². The summed E-state index contributed by atoms with van der Waals surface area (Å²) in [6.45, 7) is 0. The van der Waals surface area contributed by atoms with E-state index < -0.39 is 0 Å². The lowest BCUT2D eigenvalue weighted by Gasteiger charge is -2.14. The second kappa shape index (κ2) is 11.7. The summed E-state index contributed by atoms with van der Waals surface area (Å²) in [6, 6.07) is 65.4. The lowest BCUT2D eigenvalue weighted by atomic mass is 10.0. The molecule has 0 aliphatic heterocycles. The van der Waals surface area contributed by atoms with Crippen molar-refractivity contribution in [3.63, 3.8) is 0 Å². The average molecular weight is 719 g/mol. The van der Waals surface area contributed by atoms with Crippen LogP contribution in [-0.2, 0) is 0 Å². The zero-order chi connectivity index (χ0) is 36.0. The first-order chi connectivity index (χ1) is 27.3. The number of aromatic nitrogens is 4. The van der Waals surface area contributed by atoms with E-state index >= 15 is 0 Å². The predicted octanol–water partition coefficient (Wildman–Crippen LogP) is 13.5. The lowest BCUT2D eigenvalue weighted by Crippen LogP contribution is -2.03. The number of hydrogen-bond acceptors (Lipinski definition) is 3. The van der Waals surface area contributed by atoms with Crippen molar-refractivity contribution >= 4 is 86.2 Å². The highest BCUT2D eigenvalue weighted by molar-refractivity contribution is 7.25. The monoisotopic (exact) mass is 718 g/mol. The topological polar surface area (TPSA) is 35.6 Å². The van der Waals surface area contributed by atoms with Crippen LogP contribution in [0.2, 0.25) is 0 Å². The molecule has 4 heterocycles. The summed E-state index contributed by atoms with van der Waals surface area (Å²) >= 11 is 1.71. The SMILES string of the molecule is c1ccc(-c2ccc3c(c2)sc2nc(-n4c5ccccc5c5cc6ccccc6cc54)c(-c4ccc5c6ccccc6n(-c6ccccc6)c5c4)nc23)cc1. The van der Waals surface area contributed by atoms with Crippen molar-refractivity contribution in [2.24, 2.45) is 0 Å². The summed E-state index contributed by atoms with van der Waals surface area (Å²) < 4.78 is 5.89. The number of thiophene rings is 1. The van der Waals surface area contributed by atoms with Gasteiger partial charge in [-0.3, -0.25) is 4.57 Å². The van der Waals surface area contributed by atoms with Gasteiger partial charge in [-0.1, -0.05) is 133 Å². The van der Waals surface area contributed by atoms with Crippen molar-refractivity contribution in [3.05, 3.63) is 182 Å². The first kappa shape index (κ1) is 30.4. The maximum atomic E-state index is 5.65. The van der Waals surface area contributed by atoms with Crippen LogP contribution >= 0.6 is 11.3 Å². The fourth-order valence-corrected chi connectivity index (χ4v) is 9.63. The van der Waals surface area contributed by atoms with E-state index in [-0.39, 0.29) is 0 Å². The van der Waals surface area contributed by atoms with Gasteiger partial charge in [0, 0.05) is 42.9 Å². The quantitative estimate of drug-likeness (QED) is 0.182. The molecule has 0 radical (unpaired) electrons. The van der Waals surface area contributed by atoms with Crippen molar-refractivity contribution in [2.75, 3.05) is 0 Å². The van der Waals surface area contributed by atoms with Gasteiger partial charge in [-0.05, 0) is 70.4 Å². The van der Waals surface area contributed by atoms with E-state index in [1.807, 2.05) is 0 Å². The first-order valence-corrected chi connectivity index (χ1v) is 19.4. The second-order valence-corrected chi connectivity index (χ2v) is 15.2. The molecule has 0 saturated heterocycles. The number of rotatable bonds is 4. The Bertz CT molecular complexity index is 3480. The molecule has 55 heavy (non-hydrogen) atoms. The number of para-hydroxylation sites is 3. The Balaban J connectivity index is 1.19. The van der Waals surface area contributed by atoms with Crippen molar-refractivity contribution in [1.82, 2.24) is 19.1 Å². The van der Waals surface area contributed by atoms with E-state index in [1.165, 1.54) is 53.7 Å². The van der Waals surface area contributed by atoms with Crippen LogP contribution in [0, 0.1) is 0 Å². The van der Waals surface area contributed by atoms with Crippen LogP contribution in [0.25, 0.3) is 109 Å². The summed E-state index contributed by atoms with van der Waals surface area (Å²) in [6.07, 6.45) is 0. The Labute approximate surface area is 319 Å². The molecule has 0 fully saturated rings. The molecule has 4 nitrogen and oxygen atoms in total. The van der Waals surface area contributed by atoms with Gasteiger partial charge < -0.3 is 4.57 Å². The van der Waals surface area contributed by atoms with Gasteiger partial charge in [0.2, 0.25) is 0 Å². The fraction of sp³-hybridized carbons (Fsp3) is 0. The maximum Gasteiger partial charge on any atom is 0.166 e. The summed E-state index contributed by atoms with van der Waals surface area (Å²) in [5.41, 5.74) is 10.8. The standard InChI is InChI=1S/C50H30N4S/c1-3-13-31(14-4-1)34-23-26-40-46(30-34)55-50-48(40)51-47(35-24-25-39-37-19-9-11-21-42(37)53(44(39)29-35)36-17-5-2-6-18-36)49(52-50)54-43-22-12-10-20-38(43)41-27-32-15-7-8-16-33(32)28-45(41)54/h1-30H. The van der Waals surface area contributed by atoms with E-state index in [2.05, 4.69) is 191 Å². The molecule has 0 amide bonds. The van der Waals surface area contributed by atoms with Gasteiger partial charge in [0.25, 0.3) is 0 Å². The molecule has 0 spiro atoms. The summed E-state index contributed by atoms with van der Waals surface area (Å²) in [5, 5.41) is 8.35. The lowest BCUT2D eigenvalue weighted by molar-refractivity contribution is 1.09. The predicted molar refractivity (Wildman–Crippen MR) is 232 cm³/mol. The molecule has 0 aliphatic rings. The largest absolute Gasteiger partial charge is 0.309 e. The van der Waals surface area contributed by atoms with Crippen LogP contribution in [0.1, 0.15) is 0 Å². The Kier molecular flexibility index (Phi) is 6.47. The third-order valence-electron chi connectivity index (χ3n) is 11.1. The van der Waals surface area contributed by atoms with Crippen molar-refractivity contribution in [2.45, 2.75) is 0 Å². The second-order valence-electron chi connectivity index (χ2n) is 14.2. The molecule has 4 aromatic heterocycles. The van der Waals surface area contributed by atoms with E-state index in [0.29, 0.717) is 0 Å². The number of hydrogen-bond donors (Lipinski definition) is 0. The third-order valence-corrected chi connectivity index (χ3v) is 12.1. The molecule has 0 bridgehead atoms. The van der Waals surface area contributed by atoms with Crippen LogP contribution < -0.4 is 0 Å². The van der Waals surface area contributed by atoms with Gasteiger partial charge in [0.1, 0.15) is 16.0 Å². The zero-order valence-corrected chi connectivity index (χ0v) is 30.3. The summed E-state index contributed by atoms with van der Waals surface area (Å²) in [5.74, 6) is 0.825. The maximum absolute atomic E-state index is 5.65. The Morgan fingerprint density at radius 2 is 0.982 bits per heavy atom. The molecule has 0 atom stereocenters. The fourth-order valence-electron chi connectivity index (χ4n) is 8.58. The van der Waals surface area contributed by atoms with Crippen LogP contribution in [0.15, 0.2) is 182 Å². The van der Waals surface area contributed by atoms with E-state index in [1.54, 1.807) is 11.3 Å². The zero-order valence-electron chi connectivity index (χ0n) is 29.5. The van der Waals surface area contributed by atoms with Crippen molar-refractivity contribution < 1.29 is 0 Å². The van der Waals surface area contributed by atoms with E-state index in [0.717, 1.165) is 55.0 Å².